The van der Waals surface area contributed by atoms with Crippen molar-refractivity contribution in [2.45, 2.75) is 30.8 Å². The number of benzene rings is 2. The molecule has 164 valence electrons. The van der Waals surface area contributed by atoms with E-state index in [-0.39, 0.29) is 23.4 Å². The molecule has 31 heavy (non-hydrogen) atoms. The second-order valence-electron chi connectivity index (χ2n) is 6.96. The molecular formula is C21H22ClN3O5S. The minimum Gasteiger partial charge on any atom is -0.357 e. The number of sulfonamides is 1. The molecule has 0 spiro atoms. The lowest BCUT2D eigenvalue weighted by Gasteiger charge is -2.31. The van der Waals surface area contributed by atoms with E-state index in [0.717, 1.165) is 0 Å². The van der Waals surface area contributed by atoms with Crippen LogP contribution in [-0.4, -0.2) is 55.0 Å². The molecule has 2 aromatic carbocycles. The first-order chi connectivity index (χ1) is 14.7. The van der Waals surface area contributed by atoms with Crippen molar-refractivity contribution in [3.8, 4) is 0 Å². The van der Waals surface area contributed by atoms with Crippen molar-refractivity contribution in [3.63, 3.8) is 0 Å². The molecule has 0 radical (unpaired) electrons. The first-order valence-corrected chi connectivity index (χ1v) is 11.4. The van der Waals surface area contributed by atoms with Crippen LogP contribution in [0.2, 0.25) is 5.02 Å². The zero-order valence-electron chi connectivity index (χ0n) is 17.0. The van der Waals surface area contributed by atoms with Gasteiger partial charge in [-0.3, -0.25) is 14.4 Å². The van der Waals surface area contributed by atoms with E-state index in [0.29, 0.717) is 14.9 Å². The number of nitrogens with zero attached hydrogens (tertiary/aromatic N) is 2. The number of likely N-dealkylation sites (N-methyl/N-ethyl adjacent to an activating group) is 1. The number of fused-ring (bicyclic) bond motifs is 1. The van der Waals surface area contributed by atoms with Gasteiger partial charge in [0.05, 0.1) is 5.56 Å². The molecule has 8 nitrogen and oxygen atoms in total. The van der Waals surface area contributed by atoms with Gasteiger partial charge in [-0.05, 0) is 30.2 Å². The fourth-order valence-electron chi connectivity index (χ4n) is 3.50. The monoisotopic (exact) mass is 463 g/mol. The SMILES string of the molecule is CC[C@@H](C(=O)NC)N(Cc1ccccc1Cl)C(=O)CN1C(=O)c2ccccc2S1(=O)=O. The van der Waals surface area contributed by atoms with Gasteiger partial charge >= 0.3 is 0 Å². The number of halogens is 1. The fraction of sp³-hybridized carbons (Fsp3) is 0.286. The molecule has 0 aromatic heterocycles. The van der Waals surface area contributed by atoms with Crippen molar-refractivity contribution < 1.29 is 22.8 Å². The van der Waals surface area contributed by atoms with E-state index in [4.69, 9.17) is 11.6 Å². The summed E-state index contributed by atoms with van der Waals surface area (Å²) in [6.45, 7) is 1.01. The second kappa shape index (κ2) is 9.07. The number of hydrogen-bond donors (Lipinski definition) is 1. The summed E-state index contributed by atoms with van der Waals surface area (Å²) < 4.78 is 26.2. The lowest BCUT2D eigenvalue weighted by atomic mass is 10.1. The van der Waals surface area contributed by atoms with Gasteiger partial charge < -0.3 is 10.2 Å². The Morgan fingerprint density at radius 2 is 1.77 bits per heavy atom. The van der Waals surface area contributed by atoms with E-state index < -0.39 is 40.3 Å². The van der Waals surface area contributed by atoms with Gasteiger partial charge in [0.25, 0.3) is 15.9 Å². The highest BCUT2D eigenvalue weighted by atomic mass is 35.5. The maximum Gasteiger partial charge on any atom is 0.269 e. The summed E-state index contributed by atoms with van der Waals surface area (Å²) in [6, 6.07) is 11.8. The minimum absolute atomic E-state index is 0.0144. The summed E-state index contributed by atoms with van der Waals surface area (Å²) >= 11 is 6.24. The zero-order valence-corrected chi connectivity index (χ0v) is 18.6. The molecule has 2 aromatic rings. The van der Waals surface area contributed by atoms with Crippen LogP contribution in [0.25, 0.3) is 0 Å². The fourth-order valence-corrected chi connectivity index (χ4v) is 5.21. The van der Waals surface area contributed by atoms with Crippen molar-refractivity contribution in [3.05, 3.63) is 64.7 Å². The highest BCUT2D eigenvalue weighted by Crippen LogP contribution is 2.30. The molecule has 1 aliphatic rings. The lowest BCUT2D eigenvalue weighted by molar-refractivity contribution is -0.141. The molecule has 0 bridgehead atoms. The quantitative estimate of drug-likeness (QED) is 0.676. The summed E-state index contributed by atoms with van der Waals surface area (Å²) in [5.74, 6) is -1.85. The van der Waals surface area contributed by atoms with E-state index in [1.807, 2.05) is 0 Å². The summed E-state index contributed by atoms with van der Waals surface area (Å²) in [6.07, 6.45) is 0.288. The molecule has 0 unspecified atom stereocenters. The van der Waals surface area contributed by atoms with Gasteiger partial charge in [-0.2, -0.15) is 0 Å². The van der Waals surface area contributed by atoms with Gasteiger partial charge in [0.2, 0.25) is 11.8 Å². The Kier molecular flexibility index (Phi) is 6.66. The van der Waals surface area contributed by atoms with Gasteiger partial charge in [-0.15, -0.1) is 0 Å². The van der Waals surface area contributed by atoms with Crippen LogP contribution < -0.4 is 5.32 Å². The zero-order chi connectivity index (χ0) is 22.8. The Morgan fingerprint density at radius 1 is 1.13 bits per heavy atom. The minimum atomic E-state index is -4.15. The van der Waals surface area contributed by atoms with E-state index >= 15 is 0 Å². The smallest absolute Gasteiger partial charge is 0.269 e. The molecule has 0 fully saturated rings. The van der Waals surface area contributed by atoms with Crippen LogP contribution in [0.3, 0.4) is 0 Å². The summed E-state index contributed by atoms with van der Waals surface area (Å²) in [5, 5.41) is 2.93. The van der Waals surface area contributed by atoms with Crippen molar-refractivity contribution in [1.29, 1.82) is 0 Å². The molecule has 1 heterocycles. The largest absolute Gasteiger partial charge is 0.357 e. The molecule has 10 heteroatoms. The van der Waals surface area contributed by atoms with Crippen LogP contribution in [0.5, 0.6) is 0 Å². The number of hydrogen-bond acceptors (Lipinski definition) is 5. The number of carbonyl (C=O) groups is 3. The first kappa shape index (κ1) is 22.8. The third-order valence-corrected chi connectivity index (χ3v) is 7.28. The van der Waals surface area contributed by atoms with Crippen LogP contribution in [0.4, 0.5) is 0 Å². The highest BCUT2D eigenvalue weighted by Gasteiger charge is 2.43. The molecule has 1 aliphatic heterocycles. The van der Waals surface area contributed by atoms with Crippen LogP contribution in [0.1, 0.15) is 29.3 Å². The van der Waals surface area contributed by atoms with Crippen LogP contribution in [0.15, 0.2) is 53.4 Å². The van der Waals surface area contributed by atoms with E-state index in [2.05, 4.69) is 5.32 Å². The predicted molar refractivity (Wildman–Crippen MR) is 115 cm³/mol. The number of rotatable bonds is 7. The first-order valence-electron chi connectivity index (χ1n) is 9.63. The maximum atomic E-state index is 13.3. The third kappa shape index (κ3) is 4.28. The molecule has 0 saturated heterocycles. The lowest BCUT2D eigenvalue weighted by Crippen LogP contribution is -2.51. The summed E-state index contributed by atoms with van der Waals surface area (Å²) in [7, 11) is -2.70. The Labute approximate surface area is 185 Å². The maximum absolute atomic E-state index is 13.3. The molecule has 1 atom stereocenters. The van der Waals surface area contributed by atoms with E-state index in [1.54, 1.807) is 37.3 Å². The van der Waals surface area contributed by atoms with Gasteiger partial charge in [0.15, 0.2) is 0 Å². The highest BCUT2D eigenvalue weighted by molar-refractivity contribution is 7.90. The molecule has 3 amide bonds. The van der Waals surface area contributed by atoms with E-state index in [9.17, 15) is 22.8 Å². The number of carbonyl (C=O) groups excluding carboxylic acids is 3. The Morgan fingerprint density at radius 3 is 2.39 bits per heavy atom. The number of amides is 3. The van der Waals surface area contributed by atoms with Crippen LogP contribution >= 0.6 is 11.6 Å². The van der Waals surface area contributed by atoms with Crippen molar-refractivity contribution in [2.75, 3.05) is 13.6 Å². The molecular weight excluding hydrogens is 442 g/mol. The van der Waals surface area contributed by atoms with Crippen molar-refractivity contribution in [2.24, 2.45) is 0 Å². The standard InChI is InChI=1S/C21H22ClN3O5S/c1-3-17(20(27)23-2)24(12-14-8-4-6-10-16(14)22)19(26)13-25-21(28)15-9-5-7-11-18(15)31(25,29)30/h4-11,17H,3,12-13H2,1-2H3,(H,23,27)/t17-/m0/s1. The topological polar surface area (TPSA) is 104 Å². The predicted octanol–water partition coefficient (Wildman–Crippen LogP) is 2.04. The molecule has 1 N–H and O–H groups in total. The normalized spacial score (nSPS) is 15.3. The van der Waals surface area contributed by atoms with Gasteiger partial charge in [-0.25, -0.2) is 12.7 Å². The van der Waals surface area contributed by atoms with Gasteiger partial charge in [-0.1, -0.05) is 48.9 Å². The number of nitrogens with one attached hydrogen (secondary N) is 1. The molecule has 3 rings (SSSR count). The summed E-state index contributed by atoms with van der Waals surface area (Å²) in [4.78, 5) is 39.5. The van der Waals surface area contributed by atoms with Crippen molar-refractivity contribution in [1.82, 2.24) is 14.5 Å². The van der Waals surface area contributed by atoms with Crippen LogP contribution in [-0.2, 0) is 26.2 Å². The average Bonchev–Trinajstić information content (AvgIpc) is 2.95. The average molecular weight is 464 g/mol. The van der Waals surface area contributed by atoms with Gasteiger partial charge in [0.1, 0.15) is 17.5 Å². The molecule has 0 aliphatic carbocycles. The van der Waals surface area contributed by atoms with Crippen LogP contribution in [0, 0.1) is 0 Å². The Bertz CT molecular complexity index is 1140. The second-order valence-corrected chi connectivity index (χ2v) is 9.20. The van der Waals surface area contributed by atoms with E-state index in [1.165, 1.54) is 30.1 Å². The Balaban J connectivity index is 1.94. The summed E-state index contributed by atoms with van der Waals surface area (Å²) in [5.41, 5.74) is 0.616. The molecule has 0 saturated carbocycles. The van der Waals surface area contributed by atoms with Gasteiger partial charge in [0, 0.05) is 18.6 Å². The third-order valence-electron chi connectivity index (χ3n) is 5.12. The Hall–Kier alpha value is -2.91. The van der Waals surface area contributed by atoms with Crippen molar-refractivity contribution >= 4 is 39.3 Å².